The molecule has 0 aromatic heterocycles. The molecule has 0 saturated heterocycles. The minimum absolute atomic E-state index is 0.328. The maximum atomic E-state index is 13.2. The Hall–Kier alpha value is -1.91. The van der Waals surface area contributed by atoms with Gasteiger partial charge in [-0.1, -0.05) is 18.9 Å². The van der Waals surface area contributed by atoms with E-state index < -0.39 is 23.6 Å². The van der Waals surface area contributed by atoms with E-state index >= 15 is 0 Å². The van der Waals surface area contributed by atoms with Crippen molar-refractivity contribution in [3.63, 3.8) is 0 Å². The number of aliphatic carboxylic acids is 1. The van der Waals surface area contributed by atoms with Gasteiger partial charge in [-0.25, -0.2) is 4.39 Å². The van der Waals surface area contributed by atoms with Crippen molar-refractivity contribution in [2.45, 2.75) is 32.6 Å². The fourth-order valence-corrected chi connectivity index (χ4v) is 2.69. The number of carbonyl (C=O) groups excluding carboxylic acids is 1. The number of carboxylic acids is 1. The van der Waals surface area contributed by atoms with Gasteiger partial charge < -0.3 is 10.4 Å². The molecule has 20 heavy (non-hydrogen) atoms. The Labute approximate surface area is 117 Å². The van der Waals surface area contributed by atoms with Gasteiger partial charge in [-0.3, -0.25) is 9.59 Å². The van der Waals surface area contributed by atoms with Crippen LogP contribution in [0.4, 0.5) is 10.1 Å². The van der Waals surface area contributed by atoms with Gasteiger partial charge in [0.2, 0.25) is 5.91 Å². The zero-order chi connectivity index (χ0) is 14.7. The maximum Gasteiger partial charge on any atom is 0.307 e. The first kappa shape index (κ1) is 14.5. The molecule has 0 radical (unpaired) electrons. The van der Waals surface area contributed by atoms with Crippen LogP contribution in [0.1, 0.15) is 31.2 Å². The Kier molecular flexibility index (Phi) is 4.37. The van der Waals surface area contributed by atoms with Crippen molar-refractivity contribution in [1.82, 2.24) is 0 Å². The van der Waals surface area contributed by atoms with Crippen molar-refractivity contribution in [3.05, 3.63) is 29.6 Å². The average Bonchev–Trinajstić information content (AvgIpc) is 2.42. The summed E-state index contributed by atoms with van der Waals surface area (Å²) in [6, 6.07) is 4.16. The number of anilines is 1. The third-order valence-corrected chi connectivity index (χ3v) is 3.88. The smallest absolute Gasteiger partial charge is 0.307 e. The lowest BCUT2D eigenvalue weighted by molar-refractivity contribution is -0.147. The van der Waals surface area contributed by atoms with Crippen LogP contribution in [0.2, 0.25) is 0 Å². The van der Waals surface area contributed by atoms with E-state index in [1.807, 2.05) is 0 Å². The van der Waals surface area contributed by atoms with Gasteiger partial charge >= 0.3 is 5.97 Å². The second-order valence-corrected chi connectivity index (χ2v) is 5.28. The summed E-state index contributed by atoms with van der Waals surface area (Å²) in [6.07, 6.45) is 2.77. The van der Waals surface area contributed by atoms with Crippen molar-refractivity contribution in [2.75, 3.05) is 5.32 Å². The second-order valence-electron chi connectivity index (χ2n) is 5.28. The minimum Gasteiger partial charge on any atom is -0.481 e. The van der Waals surface area contributed by atoms with Crippen molar-refractivity contribution in [1.29, 1.82) is 0 Å². The lowest BCUT2D eigenvalue weighted by atomic mass is 9.78. The van der Waals surface area contributed by atoms with Gasteiger partial charge in [0.1, 0.15) is 5.82 Å². The predicted molar refractivity (Wildman–Crippen MR) is 72.9 cm³/mol. The molecule has 5 heteroatoms. The third kappa shape index (κ3) is 3.15. The Balaban J connectivity index is 2.14. The first-order chi connectivity index (χ1) is 9.49. The summed E-state index contributed by atoms with van der Waals surface area (Å²) in [7, 11) is 0. The van der Waals surface area contributed by atoms with Gasteiger partial charge in [0.25, 0.3) is 0 Å². The molecule has 1 fully saturated rings. The quantitative estimate of drug-likeness (QED) is 0.894. The van der Waals surface area contributed by atoms with Crippen LogP contribution in [-0.2, 0) is 9.59 Å². The van der Waals surface area contributed by atoms with Crippen LogP contribution in [0, 0.1) is 24.6 Å². The van der Waals surface area contributed by atoms with Crippen molar-refractivity contribution in [3.8, 4) is 0 Å². The molecule has 0 heterocycles. The Morgan fingerprint density at radius 3 is 2.55 bits per heavy atom. The van der Waals surface area contributed by atoms with Gasteiger partial charge in [0.05, 0.1) is 11.8 Å². The van der Waals surface area contributed by atoms with E-state index in [9.17, 15) is 19.1 Å². The molecule has 0 aliphatic heterocycles. The minimum atomic E-state index is -0.930. The fourth-order valence-electron chi connectivity index (χ4n) is 2.69. The molecule has 0 bridgehead atoms. The SMILES string of the molecule is Cc1ccc(F)cc1NC(=O)C1CCCCC1C(=O)O. The van der Waals surface area contributed by atoms with Crippen LogP contribution >= 0.6 is 0 Å². The zero-order valence-corrected chi connectivity index (χ0v) is 11.4. The molecule has 4 nitrogen and oxygen atoms in total. The molecule has 2 N–H and O–H groups in total. The van der Waals surface area contributed by atoms with Crippen LogP contribution in [-0.4, -0.2) is 17.0 Å². The molecule has 2 unspecified atom stereocenters. The fraction of sp³-hybridized carbons (Fsp3) is 0.467. The summed E-state index contributed by atoms with van der Waals surface area (Å²) in [5.41, 5.74) is 1.16. The van der Waals surface area contributed by atoms with Crippen LogP contribution in [0.3, 0.4) is 0 Å². The highest BCUT2D eigenvalue weighted by Crippen LogP contribution is 2.31. The van der Waals surface area contributed by atoms with Crippen molar-refractivity contribution in [2.24, 2.45) is 11.8 Å². The summed E-state index contributed by atoms with van der Waals surface area (Å²) in [5, 5.41) is 11.8. The van der Waals surface area contributed by atoms with Gasteiger partial charge in [-0.2, -0.15) is 0 Å². The first-order valence-corrected chi connectivity index (χ1v) is 6.79. The molecule has 1 aliphatic carbocycles. The summed E-state index contributed by atoms with van der Waals surface area (Å²) >= 11 is 0. The number of hydrogen-bond acceptors (Lipinski definition) is 2. The summed E-state index contributed by atoms with van der Waals surface area (Å²) in [6.45, 7) is 1.77. The highest BCUT2D eigenvalue weighted by molar-refractivity contribution is 5.95. The van der Waals surface area contributed by atoms with E-state index in [2.05, 4.69) is 5.32 Å². The number of benzene rings is 1. The number of carbonyl (C=O) groups is 2. The topological polar surface area (TPSA) is 66.4 Å². The Bertz CT molecular complexity index is 530. The maximum absolute atomic E-state index is 13.2. The molecule has 2 rings (SSSR count). The second kappa shape index (κ2) is 6.03. The zero-order valence-electron chi connectivity index (χ0n) is 11.4. The number of aryl methyl sites for hydroxylation is 1. The molecule has 1 saturated carbocycles. The van der Waals surface area contributed by atoms with Crippen LogP contribution in [0.5, 0.6) is 0 Å². The Morgan fingerprint density at radius 2 is 1.90 bits per heavy atom. The van der Waals surface area contributed by atoms with Crippen molar-refractivity contribution < 1.29 is 19.1 Å². The number of amides is 1. The normalized spacial score (nSPS) is 22.3. The number of halogens is 1. The number of hydrogen-bond donors (Lipinski definition) is 2. The predicted octanol–water partition coefficient (Wildman–Crippen LogP) is 2.96. The highest BCUT2D eigenvalue weighted by Gasteiger charge is 2.35. The van der Waals surface area contributed by atoms with E-state index in [4.69, 9.17) is 0 Å². The largest absolute Gasteiger partial charge is 0.481 e. The highest BCUT2D eigenvalue weighted by atomic mass is 19.1. The van der Waals surface area contributed by atoms with E-state index in [0.717, 1.165) is 18.4 Å². The molecule has 0 spiro atoms. The van der Waals surface area contributed by atoms with Gasteiger partial charge in [0.15, 0.2) is 0 Å². The molecule has 1 aromatic rings. The molecule has 2 atom stereocenters. The van der Waals surface area contributed by atoms with Gasteiger partial charge in [-0.05, 0) is 37.5 Å². The van der Waals surface area contributed by atoms with Crippen LogP contribution in [0.25, 0.3) is 0 Å². The Morgan fingerprint density at radius 1 is 1.25 bits per heavy atom. The number of rotatable bonds is 3. The summed E-state index contributed by atoms with van der Waals surface area (Å²) in [5.74, 6) is -2.86. The molecular weight excluding hydrogens is 261 g/mol. The van der Waals surface area contributed by atoms with E-state index in [1.54, 1.807) is 13.0 Å². The van der Waals surface area contributed by atoms with Crippen molar-refractivity contribution >= 4 is 17.6 Å². The van der Waals surface area contributed by atoms with E-state index in [1.165, 1.54) is 12.1 Å². The van der Waals surface area contributed by atoms with E-state index in [-0.39, 0.29) is 5.91 Å². The molecule has 1 aromatic carbocycles. The van der Waals surface area contributed by atoms with Crippen LogP contribution in [0.15, 0.2) is 18.2 Å². The van der Waals surface area contributed by atoms with E-state index in [0.29, 0.717) is 18.5 Å². The van der Waals surface area contributed by atoms with Crippen LogP contribution < -0.4 is 5.32 Å². The standard InChI is InChI=1S/C15H18FNO3/c1-9-6-7-10(16)8-13(9)17-14(18)11-4-2-3-5-12(11)15(19)20/h6-8,11-12H,2-5H2,1H3,(H,17,18)(H,19,20). The number of nitrogens with one attached hydrogen (secondary N) is 1. The lowest BCUT2D eigenvalue weighted by Crippen LogP contribution is -2.36. The molecule has 1 aliphatic rings. The summed E-state index contributed by atoms with van der Waals surface area (Å²) < 4.78 is 13.2. The van der Waals surface area contributed by atoms with Gasteiger partial charge in [0, 0.05) is 5.69 Å². The third-order valence-electron chi connectivity index (χ3n) is 3.88. The lowest BCUT2D eigenvalue weighted by Gasteiger charge is -2.27. The first-order valence-electron chi connectivity index (χ1n) is 6.79. The molecule has 1 amide bonds. The summed E-state index contributed by atoms with van der Waals surface area (Å²) in [4.78, 5) is 23.5. The molecular formula is C15H18FNO3. The number of carboxylic acid groups (broad SMARTS) is 1. The molecule has 108 valence electrons. The van der Waals surface area contributed by atoms with Gasteiger partial charge in [-0.15, -0.1) is 0 Å². The average molecular weight is 279 g/mol. The monoisotopic (exact) mass is 279 g/mol.